The van der Waals surface area contributed by atoms with E-state index in [1.165, 1.54) is 17.3 Å². The molecule has 1 aromatic heterocycles. The van der Waals surface area contributed by atoms with Gasteiger partial charge in [-0.1, -0.05) is 59.8 Å². The molecule has 3 aromatic carbocycles. The molecular formula is C24H22N4O2S. The highest BCUT2D eigenvalue weighted by atomic mass is 32.2. The van der Waals surface area contributed by atoms with Crippen LogP contribution < -0.4 is 10.1 Å². The lowest BCUT2D eigenvalue weighted by atomic mass is 10.1. The molecule has 156 valence electrons. The molecule has 0 aliphatic heterocycles. The monoisotopic (exact) mass is 430 g/mol. The highest BCUT2D eigenvalue weighted by Crippen LogP contribution is 2.29. The van der Waals surface area contributed by atoms with Gasteiger partial charge in [0, 0.05) is 0 Å². The number of nitrogens with zero attached hydrogens (tertiary/aromatic N) is 3. The Morgan fingerprint density at radius 2 is 1.81 bits per heavy atom. The van der Waals surface area contributed by atoms with Crippen molar-refractivity contribution in [3.63, 3.8) is 0 Å². The lowest BCUT2D eigenvalue weighted by Crippen LogP contribution is -2.15. The van der Waals surface area contributed by atoms with Crippen molar-refractivity contribution in [2.45, 2.75) is 19.0 Å². The Morgan fingerprint density at radius 1 is 1.03 bits per heavy atom. The van der Waals surface area contributed by atoms with E-state index in [0.717, 1.165) is 11.3 Å². The average molecular weight is 431 g/mol. The van der Waals surface area contributed by atoms with Crippen LogP contribution in [-0.4, -0.2) is 26.4 Å². The van der Waals surface area contributed by atoms with Crippen LogP contribution in [0.3, 0.4) is 0 Å². The predicted octanol–water partition coefficient (Wildman–Crippen LogP) is 5.41. The van der Waals surface area contributed by atoms with E-state index in [0.29, 0.717) is 22.3 Å². The quantitative estimate of drug-likeness (QED) is 0.397. The van der Waals surface area contributed by atoms with E-state index in [-0.39, 0.29) is 11.7 Å². The second-order valence-electron chi connectivity index (χ2n) is 7.02. The first-order valence-electron chi connectivity index (χ1n) is 9.82. The number of carbonyl (C=O) groups excluding carboxylic acids is 1. The molecule has 0 aliphatic rings. The van der Waals surface area contributed by atoms with E-state index in [1.54, 1.807) is 6.33 Å². The fourth-order valence-electron chi connectivity index (χ4n) is 3.15. The van der Waals surface area contributed by atoms with Gasteiger partial charge in [0.1, 0.15) is 12.1 Å². The molecule has 1 heterocycles. The Bertz CT molecular complexity index is 1190. The summed E-state index contributed by atoms with van der Waals surface area (Å²) in [5, 5.41) is 11.8. The summed E-state index contributed by atoms with van der Waals surface area (Å²) in [6.07, 6.45) is 1.67. The highest BCUT2D eigenvalue weighted by Gasteiger charge is 2.13. The lowest BCUT2D eigenvalue weighted by Gasteiger charge is -2.12. The zero-order chi connectivity index (χ0) is 21.6. The Labute approximate surface area is 185 Å². The number of carbonyl (C=O) groups is 1. The summed E-state index contributed by atoms with van der Waals surface area (Å²) in [5.41, 5.74) is 3.94. The zero-order valence-corrected chi connectivity index (χ0v) is 18.1. The van der Waals surface area contributed by atoms with Crippen LogP contribution in [0.5, 0.6) is 11.5 Å². The normalized spacial score (nSPS) is 10.6. The number of aromatic nitrogens is 3. The summed E-state index contributed by atoms with van der Waals surface area (Å²) >= 11 is 1.34. The molecule has 7 heteroatoms. The number of thioether (sulfide) groups is 1. The summed E-state index contributed by atoms with van der Waals surface area (Å²) in [6, 6.07) is 23.0. The van der Waals surface area contributed by atoms with E-state index in [2.05, 4.69) is 28.5 Å². The van der Waals surface area contributed by atoms with Gasteiger partial charge in [-0.05, 0) is 49.7 Å². The smallest absolute Gasteiger partial charge is 0.234 e. The first kappa shape index (κ1) is 20.7. The maximum atomic E-state index is 12.6. The predicted molar refractivity (Wildman–Crippen MR) is 123 cm³/mol. The number of nitrogens with one attached hydrogen (secondary N) is 1. The largest absolute Gasteiger partial charge is 0.455 e. The van der Waals surface area contributed by atoms with Crippen molar-refractivity contribution < 1.29 is 9.53 Å². The standard InChI is InChI=1S/C24H22N4O2S/c1-17-12-13-21(18(2)14-17)28-16-25-27-24(28)31-15-23(29)26-20-10-6-7-11-22(20)30-19-8-4-3-5-9-19/h3-14,16H,15H2,1-2H3,(H,26,29). The number of benzene rings is 3. The van der Waals surface area contributed by atoms with Gasteiger partial charge in [-0.2, -0.15) is 0 Å². The summed E-state index contributed by atoms with van der Waals surface area (Å²) in [5.74, 6) is 1.35. The number of ether oxygens (including phenoxy) is 1. The van der Waals surface area contributed by atoms with E-state index < -0.39 is 0 Å². The second kappa shape index (κ2) is 9.49. The average Bonchev–Trinajstić information content (AvgIpc) is 3.23. The number of hydrogen-bond acceptors (Lipinski definition) is 5. The summed E-state index contributed by atoms with van der Waals surface area (Å²) in [4.78, 5) is 12.6. The van der Waals surface area contributed by atoms with Gasteiger partial charge < -0.3 is 10.1 Å². The minimum Gasteiger partial charge on any atom is -0.455 e. The van der Waals surface area contributed by atoms with E-state index in [9.17, 15) is 4.79 Å². The molecule has 0 spiro atoms. The SMILES string of the molecule is Cc1ccc(-n2cnnc2SCC(=O)Nc2ccccc2Oc2ccccc2)c(C)c1. The number of hydrogen-bond donors (Lipinski definition) is 1. The van der Waals surface area contributed by atoms with E-state index in [1.807, 2.05) is 78.2 Å². The van der Waals surface area contributed by atoms with Gasteiger partial charge in [-0.15, -0.1) is 10.2 Å². The van der Waals surface area contributed by atoms with Gasteiger partial charge in [0.15, 0.2) is 10.9 Å². The number of para-hydroxylation sites is 3. The van der Waals surface area contributed by atoms with Crippen molar-refractivity contribution in [3.05, 3.63) is 90.3 Å². The molecule has 6 nitrogen and oxygen atoms in total. The highest BCUT2D eigenvalue weighted by molar-refractivity contribution is 7.99. The minimum atomic E-state index is -0.149. The molecule has 0 aliphatic carbocycles. The molecule has 4 aromatic rings. The zero-order valence-electron chi connectivity index (χ0n) is 17.3. The number of rotatable bonds is 7. The van der Waals surface area contributed by atoms with Crippen LogP contribution in [0.1, 0.15) is 11.1 Å². The van der Waals surface area contributed by atoms with Gasteiger partial charge in [0.05, 0.1) is 17.1 Å². The molecule has 0 unspecified atom stereocenters. The molecule has 1 N–H and O–H groups in total. The van der Waals surface area contributed by atoms with Gasteiger partial charge >= 0.3 is 0 Å². The molecular weight excluding hydrogens is 408 g/mol. The van der Waals surface area contributed by atoms with Crippen molar-refractivity contribution in [1.82, 2.24) is 14.8 Å². The van der Waals surface area contributed by atoms with Crippen molar-refractivity contribution in [3.8, 4) is 17.2 Å². The first-order chi connectivity index (χ1) is 15.1. The maximum absolute atomic E-state index is 12.6. The topological polar surface area (TPSA) is 69.0 Å². The molecule has 0 saturated carbocycles. The fourth-order valence-corrected chi connectivity index (χ4v) is 3.88. The van der Waals surface area contributed by atoms with Crippen molar-refractivity contribution in [2.75, 3.05) is 11.1 Å². The molecule has 0 saturated heterocycles. The molecule has 31 heavy (non-hydrogen) atoms. The van der Waals surface area contributed by atoms with Crippen molar-refractivity contribution >= 4 is 23.4 Å². The molecule has 1 amide bonds. The second-order valence-corrected chi connectivity index (χ2v) is 7.96. The van der Waals surface area contributed by atoms with Crippen LogP contribution in [0.25, 0.3) is 5.69 Å². The summed E-state index contributed by atoms with van der Waals surface area (Å²) < 4.78 is 7.81. The van der Waals surface area contributed by atoms with Crippen LogP contribution in [0.4, 0.5) is 5.69 Å². The van der Waals surface area contributed by atoms with Gasteiger partial charge in [-0.25, -0.2) is 0 Å². The van der Waals surface area contributed by atoms with Gasteiger partial charge in [0.25, 0.3) is 0 Å². The van der Waals surface area contributed by atoms with Crippen molar-refractivity contribution in [1.29, 1.82) is 0 Å². The van der Waals surface area contributed by atoms with E-state index in [4.69, 9.17) is 4.74 Å². The third-order valence-corrected chi connectivity index (χ3v) is 5.54. The summed E-state index contributed by atoms with van der Waals surface area (Å²) in [7, 11) is 0. The maximum Gasteiger partial charge on any atom is 0.234 e. The number of aryl methyl sites for hydroxylation is 2. The number of anilines is 1. The Morgan fingerprint density at radius 3 is 2.61 bits per heavy atom. The van der Waals surface area contributed by atoms with Crippen LogP contribution >= 0.6 is 11.8 Å². The Hall–Kier alpha value is -3.58. The van der Waals surface area contributed by atoms with Crippen molar-refractivity contribution in [2.24, 2.45) is 0 Å². The number of amides is 1. The van der Waals surface area contributed by atoms with Crippen LogP contribution in [0.15, 0.2) is 84.3 Å². The van der Waals surface area contributed by atoms with Gasteiger partial charge in [0.2, 0.25) is 5.91 Å². The third-order valence-electron chi connectivity index (χ3n) is 4.59. The lowest BCUT2D eigenvalue weighted by molar-refractivity contribution is -0.113. The Balaban J connectivity index is 1.43. The first-order valence-corrected chi connectivity index (χ1v) is 10.8. The third kappa shape index (κ3) is 5.13. The van der Waals surface area contributed by atoms with Gasteiger partial charge in [-0.3, -0.25) is 9.36 Å². The summed E-state index contributed by atoms with van der Waals surface area (Å²) in [6.45, 7) is 4.11. The van der Waals surface area contributed by atoms with Crippen LogP contribution in [-0.2, 0) is 4.79 Å². The molecule has 0 bridgehead atoms. The van der Waals surface area contributed by atoms with Crippen LogP contribution in [0, 0.1) is 13.8 Å². The molecule has 0 fully saturated rings. The Kier molecular flexibility index (Phi) is 6.33. The van der Waals surface area contributed by atoms with Crippen LogP contribution in [0.2, 0.25) is 0 Å². The fraction of sp³-hybridized carbons (Fsp3) is 0.125. The van der Waals surface area contributed by atoms with E-state index >= 15 is 0 Å². The molecule has 4 rings (SSSR count). The molecule has 0 radical (unpaired) electrons. The minimum absolute atomic E-state index is 0.149. The molecule has 0 atom stereocenters.